The maximum atomic E-state index is 11.8. The zero-order chi connectivity index (χ0) is 10.9. The van der Waals surface area contributed by atoms with Crippen LogP contribution >= 0.6 is 0 Å². The van der Waals surface area contributed by atoms with Crippen LogP contribution in [-0.4, -0.2) is 42.2 Å². The van der Waals surface area contributed by atoms with Crippen LogP contribution in [0.5, 0.6) is 0 Å². The minimum Gasteiger partial charge on any atom is -0.333 e. The Labute approximate surface area is 81.0 Å². The van der Waals surface area contributed by atoms with Crippen molar-refractivity contribution >= 4 is 5.91 Å². The van der Waals surface area contributed by atoms with Crippen LogP contribution in [0.3, 0.4) is 0 Å². The molecule has 1 amide bonds. The van der Waals surface area contributed by atoms with E-state index >= 15 is 0 Å². The molecule has 6 heteroatoms. The fourth-order valence-electron chi connectivity index (χ4n) is 1.42. The second-order valence-corrected chi connectivity index (χ2v) is 3.46. The molecule has 0 unspecified atom stereocenters. The maximum absolute atomic E-state index is 11.8. The number of nitrogens with two attached hydrogens (primary N) is 1. The lowest BCUT2D eigenvalue weighted by atomic mass is 10.00. The van der Waals surface area contributed by atoms with Crippen molar-refractivity contribution in [1.29, 1.82) is 0 Å². The van der Waals surface area contributed by atoms with Gasteiger partial charge in [0, 0.05) is 6.54 Å². The first kappa shape index (κ1) is 11.3. The molecule has 14 heavy (non-hydrogen) atoms. The van der Waals surface area contributed by atoms with Gasteiger partial charge in [0.15, 0.2) is 0 Å². The molecular formula is C8H14F2N2O2. The molecule has 1 heterocycles. The van der Waals surface area contributed by atoms with E-state index in [-0.39, 0.29) is 18.5 Å². The lowest BCUT2D eigenvalue weighted by molar-refractivity contribution is -0.215. The average molecular weight is 208 g/mol. The molecule has 0 spiro atoms. The molecule has 0 aromatic heterocycles. The van der Waals surface area contributed by atoms with Crippen molar-refractivity contribution in [1.82, 2.24) is 4.90 Å². The molecule has 4 nitrogen and oxygen atoms in total. The number of carbonyl (C=O) groups is 1. The van der Waals surface area contributed by atoms with Gasteiger partial charge in [-0.15, -0.1) is 0 Å². The first-order chi connectivity index (χ1) is 6.43. The Morgan fingerprint density at radius 1 is 1.64 bits per heavy atom. The summed E-state index contributed by atoms with van der Waals surface area (Å²) >= 11 is 0. The van der Waals surface area contributed by atoms with Crippen LogP contribution in [0.4, 0.5) is 8.78 Å². The topological polar surface area (TPSA) is 55.6 Å². The standard InChI is InChI=1S/C8H14F2N2O2/c1-4(11)7(13)12-3-6(5(12)2)14-8(9)10/h4-6,8H,3,11H2,1-2H3/t4-,5+,6+/m1/s1. The van der Waals surface area contributed by atoms with Crippen LogP contribution in [0.1, 0.15) is 13.8 Å². The Hall–Kier alpha value is -0.750. The fraction of sp³-hybridized carbons (Fsp3) is 0.875. The minimum atomic E-state index is -2.78. The second-order valence-electron chi connectivity index (χ2n) is 3.46. The third-order valence-corrected chi connectivity index (χ3v) is 2.36. The van der Waals surface area contributed by atoms with Gasteiger partial charge in [-0.05, 0) is 13.8 Å². The lowest BCUT2D eigenvalue weighted by Crippen LogP contribution is -2.64. The number of amides is 1. The van der Waals surface area contributed by atoms with E-state index < -0.39 is 18.8 Å². The van der Waals surface area contributed by atoms with Crippen molar-refractivity contribution in [3.63, 3.8) is 0 Å². The van der Waals surface area contributed by atoms with Crippen LogP contribution in [0.2, 0.25) is 0 Å². The van der Waals surface area contributed by atoms with E-state index in [1.807, 2.05) is 0 Å². The molecular weight excluding hydrogens is 194 g/mol. The third-order valence-electron chi connectivity index (χ3n) is 2.36. The number of hydrogen-bond acceptors (Lipinski definition) is 3. The van der Waals surface area contributed by atoms with E-state index in [0.717, 1.165) is 0 Å². The number of hydrogen-bond donors (Lipinski definition) is 1. The molecule has 1 fully saturated rings. The molecule has 2 N–H and O–H groups in total. The summed E-state index contributed by atoms with van der Waals surface area (Å²) in [7, 11) is 0. The molecule has 1 saturated heterocycles. The van der Waals surface area contributed by atoms with E-state index in [1.165, 1.54) is 4.90 Å². The van der Waals surface area contributed by atoms with E-state index in [9.17, 15) is 13.6 Å². The molecule has 1 aliphatic heterocycles. The number of halogens is 2. The Balaban J connectivity index is 2.40. The van der Waals surface area contributed by atoms with Gasteiger partial charge < -0.3 is 15.4 Å². The summed E-state index contributed by atoms with van der Waals surface area (Å²) in [6.45, 7) is 0.647. The van der Waals surface area contributed by atoms with Crippen molar-refractivity contribution in [3.05, 3.63) is 0 Å². The van der Waals surface area contributed by atoms with Crippen molar-refractivity contribution in [3.8, 4) is 0 Å². The Bertz CT molecular complexity index is 223. The molecule has 1 rings (SSSR count). The highest BCUT2D eigenvalue weighted by molar-refractivity contribution is 5.82. The van der Waals surface area contributed by atoms with Gasteiger partial charge >= 0.3 is 6.61 Å². The van der Waals surface area contributed by atoms with Gasteiger partial charge in [0.05, 0.1) is 12.1 Å². The van der Waals surface area contributed by atoms with Crippen LogP contribution in [-0.2, 0) is 9.53 Å². The Kier molecular flexibility index (Phi) is 3.38. The van der Waals surface area contributed by atoms with Crippen LogP contribution in [0.15, 0.2) is 0 Å². The predicted molar refractivity (Wildman–Crippen MR) is 45.7 cm³/mol. The zero-order valence-electron chi connectivity index (χ0n) is 8.11. The quantitative estimate of drug-likeness (QED) is 0.719. The van der Waals surface area contributed by atoms with Crippen LogP contribution < -0.4 is 5.73 Å². The molecule has 3 atom stereocenters. The van der Waals surface area contributed by atoms with Crippen molar-refractivity contribution in [2.24, 2.45) is 5.73 Å². The van der Waals surface area contributed by atoms with Gasteiger partial charge in [-0.3, -0.25) is 4.79 Å². The Morgan fingerprint density at radius 3 is 2.57 bits per heavy atom. The molecule has 0 aromatic rings. The third kappa shape index (κ3) is 2.19. The molecule has 82 valence electrons. The van der Waals surface area contributed by atoms with Crippen molar-refractivity contribution in [2.75, 3.05) is 6.54 Å². The summed E-state index contributed by atoms with van der Waals surface area (Å²) in [4.78, 5) is 12.8. The van der Waals surface area contributed by atoms with Crippen LogP contribution in [0, 0.1) is 0 Å². The van der Waals surface area contributed by atoms with Gasteiger partial charge in [0.25, 0.3) is 0 Å². The smallest absolute Gasteiger partial charge is 0.333 e. The molecule has 0 saturated carbocycles. The van der Waals surface area contributed by atoms with Gasteiger partial charge in [0.2, 0.25) is 5.91 Å². The molecule has 0 aliphatic carbocycles. The molecule has 1 aliphatic rings. The average Bonchev–Trinajstić information content (AvgIpc) is 2.09. The number of ether oxygens (including phenoxy) is 1. The first-order valence-electron chi connectivity index (χ1n) is 4.43. The summed E-state index contributed by atoms with van der Waals surface area (Å²) in [5.41, 5.74) is 5.38. The minimum absolute atomic E-state index is 0.200. The molecule has 0 radical (unpaired) electrons. The Morgan fingerprint density at radius 2 is 2.21 bits per heavy atom. The van der Waals surface area contributed by atoms with Gasteiger partial charge in [-0.1, -0.05) is 0 Å². The van der Waals surface area contributed by atoms with E-state index in [2.05, 4.69) is 4.74 Å². The van der Waals surface area contributed by atoms with Gasteiger partial charge in [-0.25, -0.2) is 0 Å². The number of likely N-dealkylation sites (tertiary alicyclic amines) is 1. The fourth-order valence-corrected chi connectivity index (χ4v) is 1.42. The summed E-state index contributed by atoms with van der Waals surface area (Å²) in [6, 6.07) is -0.910. The summed E-state index contributed by atoms with van der Waals surface area (Å²) in [5.74, 6) is -0.230. The number of nitrogens with zero attached hydrogens (tertiary/aromatic N) is 1. The summed E-state index contributed by atoms with van der Waals surface area (Å²) in [6.07, 6.45) is -0.572. The summed E-state index contributed by atoms with van der Waals surface area (Å²) in [5, 5.41) is 0. The largest absolute Gasteiger partial charge is 0.345 e. The lowest BCUT2D eigenvalue weighted by Gasteiger charge is -2.46. The summed E-state index contributed by atoms with van der Waals surface area (Å²) < 4.78 is 27.9. The van der Waals surface area contributed by atoms with Crippen LogP contribution in [0.25, 0.3) is 0 Å². The highest BCUT2D eigenvalue weighted by atomic mass is 19.3. The normalized spacial score (nSPS) is 28.9. The zero-order valence-corrected chi connectivity index (χ0v) is 8.11. The van der Waals surface area contributed by atoms with Gasteiger partial charge in [0.1, 0.15) is 6.10 Å². The molecule has 0 aromatic carbocycles. The predicted octanol–water partition coefficient (Wildman–Crippen LogP) is 0.172. The van der Waals surface area contributed by atoms with E-state index in [4.69, 9.17) is 5.73 Å². The SMILES string of the molecule is C[C@@H](N)C(=O)N1C[C@H](OC(F)F)[C@@H]1C. The van der Waals surface area contributed by atoms with Gasteiger partial charge in [-0.2, -0.15) is 8.78 Å². The first-order valence-corrected chi connectivity index (χ1v) is 4.43. The van der Waals surface area contributed by atoms with Crippen molar-refractivity contribution < 1.29 is 18.3 Å². The second kappa shape index (κ2) is 4.18. The monoisotopic (exact) mass is 208 g/mol. The van der Waals surface area contributed by atoms with E-state index in [0.29, 0.717) is 0 Å². The van der Waals surface area contributed by atoms with Crippen molar-refractivity contribution in [2.45, 2.75) is 38.6 Å². The highest BCUT2D eigenvalue weighted by Crippen LogP contribution is 2.23. The number of carbonyl (C=O) groups excluding carboxylic acids is 1. The number of rotatable bonds is 3. The maximum Gasteiger partial charge on any atom is 0.345 e. The highest BCUT2D eigenvalue weighted by Gasteiger charge is 2.41. The van der Waals surface area contributed by atoms with E-state index in [1.54, 1.807) is 13.8 Å². The number of alkyl halides is 2. The molecule has 0 bridgehead atoms.